The molecular formula is C16H29N. The molecule has 17 heavy (non-hydrogen) atoms. The third-order valence-corrected chi connectivity index (χ3v) is 3.89. The van der Waals surface area contributed by atoms with Crippen LogP contribution in [0.1, 0.15) is 76.2 Å². The van der Waals surface area contributed by atoms with E-state index in [9.17, 15) is 0 Å². The van der Waals surface area contributed by atoms with E-state index >= 15 is 0 Å². The number of nitrogens with one attached hydrogen (secondary N) is 1. The zero-order chi connectivity index (χ0) is 12.9. The van der Waals surface area contributed by atoms with Crippen molar-refractivity contribution in [3.8, 4) is 0 Å². The number of rotatable bonds is 7. The van der Waals surface area contributed by atoms with Crippen molar-refractivity contribution in [2.75, 3.05) is 0 Å². The van der Waals surface area contributed by atoms with Crippen LogP contribution in [0.25, 0.3) is 0 Å². The number of hydrogen-bond acceptors (Lipinski definition) is 0. The van der Waals surface area contributed by atoms with Gasteiger partial charge in [-0.1, -0.05) is 46.5 Å². The molecule has 0 saturated carbocycles. The Balaban J connectivity index is 2.86. The number of aryl methyl sites for hydroxylation is 2. The first-order chi connectivity index (χ1) is 8.03. The van der Waals surface area contributed by atoms with Crippen molar-refractivity contribution in [2.45, 2.75) is 78.6 Å². The fourth-order valence-corrected chi connectivity index (χ4v) is 3.05. The molecular weight excluding hydrogens is 206 g/mol. The van der Waals surface area contributed by atoms with Crippen molar-refractivity contribution >= 4 is 0 Å². The van der Waals surface area contributed by atoms with E-state index in [-0.39, 0.29) is 0 Å². The molecule has 1 aromatic rings. The van der Waals surface area contributed by atoms with Crippen molar-refractivity contribution < 1.29 is 0 Å². The lowest BCUT2D eigenvalue weighted by atomic mass is 9.76. The van der Waals surface area contributed by atoms with Gasteiger partial charge in [-0.05, 0) is 38.3 Å². The van der Waals surface area contributed by atoms with E-state index in [1.807, 2.05) is 0 Å². The monoisotopic (exact) mass is 235 g/mol. The van der Waals surface area contributed by atoms with Crippen molar-refractivity contribution in [3.63, 3.8) is 0 Å². The summed E-state index contributed by atoms with van der Waals surface area (Å²) in [4.78, 5) is 3.60. The summed E-state index contributed by atoms with van der Waals surface area (Å²) in [6, 6.07) is 2.28. The molecule has 1 N–H and O–H groups in total. The predicted molar refractivity (Wildman–Crippen MR) is 76.7 cm³/mol. The van der Waals surface area contributed by atoms with E-state index in [4.69, 9.17) is 0 Å². The minimum atomic E-state index is 0.349. The van der Waals surface area contributed by atoms with Crippen LogP contribution in [0.5, 0.6) is 0 Å². The zero-order valence-corrected chi connectivity index (χ0v) is 12.3. The first kappa shape index (κ1) is 14.3. The summed E-state index contributed by atoms with van der Waals surface area (Å²) in [5.41, 5.74) is 4.57. The summed E-state index contributed by atoms with van der Waals surface area (Å²) in [5.74, 6) is 0. The highest BCUT2D eigenvalue weighted by atomic mass is 14.7. The molecule has 98 valence electrons. The van der Waals surface area contributed by atoms with Gasteiger partial charge in [-0.3, -0.25) is 0 Å². The molecule has 0 aromatic carbocycles. The van der Waals surface area contributed by atoms with Crippen LogP contribution in [0.3, 0.4) is 0 Å². The van der Waals surface area contributed by atoms with Gasteiger partial charge in [0, 0.05) is 16.8 Å². The third-order valence-electron chi connectivity index (χ3n) is 3.89. The topological polar surface area (TPSA) is 15.8 Å². The summed E-state index contributed by atoms with van der Waals surface area (Å²) < 4.78 is 0. The maximum Gasteiger partial charge on any atom is 0.0239 e. The smallest absolute Gasteiger partial charge is 0.0239 e. The Kier molecular flexibility index (Phi) is 5.30. The van der Waals surface area contributed by atoms with Gasteiger partial charge >= 0.3 is 0 Å². The zero-order valence-electron chi connectivity index (χ0n) is 12.3. The van der Waals surface area contributed by atoms with Crippen LogP contribution < -0.4 is 0 Å². The van der Waals surface area contributed by atoms with E-state index in [2.05, 4.69) is 45.7 Å². The highest BCUT2D eigenvalue weighted by molar-refractivity contribution is 5.30. The normalized spacial score (nSPS) is 14.9. The maximum atomic E-state index is 3.60. The van der Waals surface area contributed by atoms with Crippen molar-refractivity contribution in [2.24, 2.45) is 0 Å². The number of hydrogen-bond donors (Lipinski definition) is 1. The molecule has 1 unspecified atom stereocenters. The van der Waals surface area contributed by atoms with Crippen LogP contribution in [-0.4, -0.2) is 4.98 Å². The second-order valence-corrected chi connectivity index (χ2v) is 5.78. The Morgan fingerprint density at radius 2 is 1.76 bits per heavy atom. The molecule has 0 saturated heterocycles. The minimum absolute atomic E-state index is 0.349. The summed E-state index contributed by atoms with van der Waals surface area (Å²) in [6.45, 7) is 11.4. The highest BCUT2D eigenvalue weighted by Crippen LogP contribution is 2.36. The predicted octanol–water partition coefficient (Wildman–Crippen LogP) is 5.27. The molecule has 0 amide bonds. The lowest BCUT2D eigenvalue weighted by molar-refractivity contribution is 0.369. The van der Waals surface area contributed by atoms with E-state index in [0.29, 0.717) is 5.41 Å². The van der Waals surface area contributed by atoms with Gasteiger partial charge in [0.25, 0.3) is 0 Å². The number of H-pyrrole nitrogens is 1. The first-order valence-corrected chi connectivity index (χ1v) is 7.20. The Morgan fingerprint density at radius 3 is 2.24 bits per heavy atom. The first-order valence-electron chi connectivity index (χ1n) is 7.20. The molecule has 0 aliphatic rings. The Labute approximate surface area is 107 Å². The van der Waals surface area contributed by atoms with Crippen molar-refractivity contribution in [1.82, 2.24) is 4.98 Å². The van der Waals surface area contributed by atoms with Gasteiger partial charge in [0.15, 0.2) is 0 Å². The molecule has 1 atom stereocenters. The van der Waals surface area contributed by atoms with E-state index in [1.54, 1.807) is 0 Å². The summed E-state index contributed by atoms with van der Waals surface area (Å²) in [5, 5.41) is 0. The fraction of sp³-hybridized carbons (Fsp3) is 0.750. The van der Waals surface area contributed by atoms with E-state index in [1.165, 1.54) is 55.5 Å². The molecule has 0 aliphatic heterocycles. The summed E-state index contributed by atoms with van der Waals surface area (Å²) in [7, 11) is 0. The van der Waals surface area contributed by atoms with Gasteiger partial charge in [0.05, 0.1) is 0 Å². The standard InChI is InChI=1S/C16H29N/c1-6-8-9-11-16(5,10-7-2)15-13(3)12-14(4)17-15/h12,17H,6-11H2,1-5H3. The molecule has 0 fully saturated rings. The van der Waals surface area contributed by atoms with Gasteiger partial charge < -0.3 is 4.98 Å². The van der Waals surface area contributed by atoms with Crippen molar-refractivity contribution in [3.05, 3.63) is 23.0 Å². The SMILES string of the molecule is CCCCCC(C)(CCC)c1[nH]c(C)cc1C. The molecule has 0 radical (unpaired) electrons. The number of aromatic nitrogens is 1. The molecule has 0 aliphatic carbocycles. The number of aromatic amines is 1. The molecule has 1 aromatic heterocycles. The average Bonchev–Trinajstić information content (AvgIpc) is 2.59. The van der Waals surface area contributed by atoms with Gasteiger partial charge in [-0.25, -0.2) is 0 Å². The molecule has 0 bridgehead atoms. The third kappa shape index (κ3) is 3.62. The lowest BCUT2D eigenvalue weighted by Gasteiger charge is -2.30. The van der Waals surface area contributed by atoms with Gasteiger partial charge in [0.1, 0.15) is 0 Å². The van der Waals surface area contributed by atoms with Gasteiger partial charge in [-0.2, -0.15) is 0 Å². The summed E-state index contributed by atoms with van der Waals surface area (Å²) in [6.07, 6.45) is 7.89. The minimum Gasteiger partial charge on any atom is -0.362 e. The van der Waals surface area contributed by atoms with Crippen LogP contribution in [-0.2, 0) is 5.41 Å². The van der Waals surface area contributed by atoms with E-state index in [0.717, 1.165) is 0 Å². The molecule has 1 heterocycles. The van der Waals surface area contributed by atoms with Gasteiger partial charge in [-0.15, -0.1) is 0 Å². The van der Waals surface area contributed by atoms with Crippen LogP contribution in [0.15, 0.2) is 6.07 Å². The van der Waals surface area contributed by atoms with Crippen molar-refractivity contribution in [1.29, 1.82) is 0 Å². The number of unbranched alkanes of at least 4 members (excludes halogenated alkanes) is 2. The molecule has 1 heteroatoms. The average molecular weight is 235 g/mol. The fourth-order valence-electron chi connectivity index (χ4n) is 3.05. The van der Waals surface area contributed by atoms with Crippen LogP contribution in [0, 0.1) is 13.8 Å². The maximum absolute atomic E-state index is 3.60. The van der Waals surface area contributed by atoms with Crippen LogP contribution >= 0.6 is 0 Å². The van der Waals surface area contributed by atoms with E-state index < -0.39 is 0 Å². The molecule has 1 nitrogen and oxygen atoms in total. The largest absolute Gasteiger partial charge is 0.362 e. The quantitative estimate of drug-likeness (QED) is 0.620. The lowest BCUT2D eigenvalue weighted by Crippen LogP contribution is -2.23. The Hall–Kier alpha value is -0.720. The molecule has 0 spiro atoms. The molecule has 1 rings (SSSR count). The van der Waals surface area contributed by atoms with Crippen LogP contribution in [0.4, 0.5) is 0 Å². The second kappa shape index (κ2) is 6.28. The Morgan fingerprint density at radius 1 is 1.06 bits per heavy atom. The van der Waals surface area contributed by atoms with Gasteiger partial charge in [0.2, 0.25) is 0 Å². The Bertz CT molecular complexity index is 337. The second-order valence-electron chi connectivity index (χ2n) is 5.78. The highest BCUT2D eigenvalue weighted by Gasteiger charge is 2.28. The van der Waals surface area contributed by atoms with Crippen LogP contribution in [0.2, 0.25) is 0 Å². The summed E-state index contributed by atoms with van der Waals surface area (Å²) >= 11 is 0.